The SMILES string of the molecule is C1=CC2CCCC1N2.O=COI. The van der Waals surface area contributed by atoms with Gasteiger partial charge in [0.15, 0.2) is 23.0 Å². The summed E-state index contributed by atoms with van der Waals surface area (Å²) in [4.78, 5) is 8.94. The molecule has 0 spiro atoms. The Morgan fingerprint density at radius 2 is 1.92 bits per heavy atom. The predicted molar refractivity (Wildman–Crippen MR) is 54.9 cm³/mol. The van der Waals surface area contributed by atoms with Gasteiger partial charge in [-0.3, -0.25) is 4.79 Å². The lowest BCUT2D eigenvalue weighted by Gasteiger charge is -2.20. The molecule has 12 heavy (non-hydrogen) atoms. The average molecular weight is 281 g/mol. The molecule has 0 aromatic carbocycles. The van der Waals surface area contributed by atoms with E-state index in [4.69, 9.17) is 4.79 Å². The van der Waals surface area contributed by atoms with Crippen molar-refractivity contribution in [2.45, 2.75) is 31.3 Å². The van der Waals surface area contributed by atoms with Gasteiger partial charge >= 0.3 is 6.47 Å². The Kier molecular flexibility index (Phi) is 4.60. The highest BCUT2D eigenvalue weighted by Crippen LogP contribution is 2.19. The Labute approximate surface area is 86.2 Å². The van der Waals surface area contributed by atoms with E-state index in [0.717, 1.165) is 12.1 Å². The number of fused-ring (bicyclic) bond motifs is 2. The zero-order valence-corrected chi connectivity index (χ0v) is 8.86. The third kappa shape index (κ3) is 3.10. The van der Waals surface area contributed by atoms with Gasteiger partial charge in [-0.15, -0.1) is 0 Å². The summed E-state index contributed by atoms with van der Waals surface area (Å²) in [7, 11) is 0. The Balaban J connectivity index is 0.000000157. The van der Waals surface area contributed by atoms with E-state index >= 15 is 0 Å². The first-order valence-corrected chi connectivity index (χ1v) is 4.90. The summed E-state index contributed by atoms with van der Waals surface area (Å²) < 4.78 is 3.83. The molecule has 2 unspecified atom stereocenters. The lowest BCUT2D eigenvalue weighted by Crippen LogP contribution is -2.34. The van der Waals surface area contributed by atoms with Crippen LogP contribution in [0.4, 0.5) is 0 Å². The third-order valence-electron chi connectivity index (χ3n) is 2.07. The van der Waals surface area contributed by atoms with Gasteiger partial charge in [-0.05, 0) is 19.3 Å². The minimum Gasteiger partial charge on any atom is -0.397 e. The standard InChI is InChI=1S/C7H11N.CHIO2/c1-2-6-4-5-7(3-1)8-6;2-4-1-3/h4-8H,1-3H2;1H. The van der Waals surface area contributed by atoms with Gasteiger partial charge in [-0.25, -0.2) is 0 Å². The van der Waals surface area contributed by atoms with Crippen LogP contribution in [0.1, 0.15) is 19.3 Å². The molecule has 0 saturated carbocycles. The van der Waals surface area contributed by atoms with Gasteiger partial charge in [-0.1, -0.05) is 12.2 Å². The van der Waals surface area contributed by atoms with Gasteiger partial charge in [0.25, 0.3) is 0 Å². The summed E-state index contributed by atoms with van der Waals surface area (Å²) in [6.07, 6.45) is 8.73. The van der Waals surface area contributed by atoms with Gasteiger partial charge in [0, 0.05) is 12.1 Å². The van der Waals surface area contributed by atoms with Crippen LogP contribution in [0.15, 0.2) is 12.2 Å². The van der Waals surface area contributed by atoms with E-state index in [9.17, 15) is 0 Å². The van der Waals surface area contributed by atoms with E-state index in [-0.39, 0.29) is 0 Å². The van der Waals surface area contributed by atoms with Crippen LogP contribution in [0, 0.1) is 0 Å². The van der Waals surface area contributed by atoms with Crippen LogP contribution >= 0.6 is 23.0 Å². The van der Waals surface area contributed by atoms with E-state index in [2.05, 4.69) is 20.5 Å². The van der Waals surface area contributed by atoms with Gasteiger partial charge in [0.1, 0.15) is 0 Å². The van der Waals surface area contributed by atoms with Crippen molar-refractivity contribution in [3.05, 3.63) is 12.2 Å². The fraction of sp³-hybridized carbons (Fsp3) is 0.625. The molecule has 0 aromatic rings. The van der Waals surface area contributed by atoms with E-state index < -0.39 is 0 Å². The molecule has 4 heteroatoms. The van der Waals surface area contributed by atoms with Crippen LogP contribution in [-0.2, 0) is 7.86 Å². The van der Waals surface area contributed by atoms with Crippen molar-refractivity contribution in [2.75, 3.05) is 0 Å². The lowest BCUT2D eigenvalue weighted by atomic mass is 10.1. The van der Waals surface area contributed by atoms with Crippen LogP contribution < -0.4 is 5.32 Å². The molecule has 2 rings (SSSR count). The van der Waals surface area contributed by atoms with Crippen molar-refractivity contribution >= 4 is 29.5 Å². The van der Waals surface area contributed by atoms with Crippen molar-refractivity contribution in [3.8, 4) is 0 Å². The summed E-state index contributed by atoms with van der Waals surface area (Å²) in [6, 6.07) is 1.46. The summed E-state index contributed by atoms with van der Waals surface area (Å²) in [5.74, 6) is 0. The van der Waals surface area contributed by atoms with Gasteiger partial charge in [0.05, 0.1) is 0 Å². The second-order valence-corrected chi connectivity index (χ2v) is 3.39. The minimum atomic E-state index is 0.362. The van der Waals surface area contributed by atoms with Crippen molar-refractivity contribution in [1.29, 1.82) is 0 Å². The molecule has 1 fully saturated rings. The number of piperidine rings is 1. The van der Waals surface area contributed by atoms with Crippen LogP contribution in [0.5, 0.6) is 0 Å². The average Bonchev–Trinajstić information content (AvgIpc) is 2.46. The second kappa shape index (κ2) is 5.53. The normalized spacial score (nSPS) is 30.4. The number of rotatable bonds is 1. The first kappa shape index (κ1) is 9.98. The third-order valence-corrected chi connectivity index (χ3v) is 2.28. The molecule has 1 N–H and O–H groups in total. The molecular weight excluding hydrogens is 269 g/mol. The molecule has 2 atom stereocenters. The Hall–Kier alpha value is -0.100. The molecule has 0 radical (unpaired) electrons. The number of carbonyl (C=O) groups is 1. The zero-order chi connectivity index (χ0) is 8.81. The number of halogens is 1. The first-order chi connectivity index (χ1) is 5.86. The maximum Gasteiger partial charge on any atom is 0.302 e. The van der Waals surface area contributed by atoms with Crippen molar-refractivity contribution in [2.24, 2.45) is 0 Å². The summed E-state index contributed by atoms with van der Waals surface area (Å²) in [6.45, 7) is 0.362. The van der Waals surface area contributed by atoms with Crippen molar-refractivity contribution in [1.82, 2.24) is 5.32 Å². The summed E-state index contributed by atoms with van der Waals surface area (Å²) in [5.41, 5.74) is 0. The van der Waals surface area contributed by atoms with Crippen LogP contribution in [0.3, 0.4) is 0 Å². The molecular formula is C8H12INO2. The first-order valence-electron chi connectivity index (χ1n) is 4.02. The van der Waals surface area contributed by atoms with E-state index in [1.54, 1.807) is 0 Å². The smallest absolute Gasteiger partial charge is 0.302 e. The zero-order valence-electron chi connectivity index (χ0n) is 6.70. The van der Waals surface area contributed by atoms with Gasteiger partial charge < -0.3 is 8.38 Å². The van der Waals surface area contributed by atoms with Crippen LogP contribution in [0.25, 0.3) is 0 Å². The largest absolute Gasteiger partial charge is 0.397 e. The molecule has 2 heterocycles. The van der Waals surface area contributed by atoms with Crippen molar-refractivity contribution < 1.29 is 7.86 Å². The van der Waals surface area contributed by atoms with E-state index in [1.165, 1.54) is 42.3 Å². The van der Waals surface area contributed by atoms with Crippen LogP contribution in [-0.4, -0.2) is 18.6 Å². The van der Waals surface area contributed by atoms with Gasteiger partial charge in [0.2, 0.25) is 0 Å². The number of hydrogen-bond donors (Lipinski definition) is 1. The highest BCUT2D eigenvalue weighted by Gasteiger charge is 2.21. The minimum absolute atomic E-state index is 0.362. The Morgan fingerprint density at radius 3 is 2.25 bits per heavy atom. The molecule has 3 nitrogen and oxygen atoms in total. The van der Waals surface area contributed by atoms with Crippen LogP contribution in [0.2, 0.25) is 0 Å². The Bertz CT molecular complexity index is 160. The highest BCUT2D eigenvalue weighted by atomic mass is 127. The molecule has 2 aliphatic rings. The predicted octanol–water partition coefficient (Wildman–Crippen LogP) is 1.58. The molecule has 2 bridgehead atoms. The molecule has 0 aliphatic carbocycles. The summed E-state index contributed by atoms with van der Waals surface area (Å²) >= 11 is 1.48. The molecule has 1 saturated heterocycles. The van der Waals surface area contributed by atoms with Gasteiger partial charge in [-0.2, -0.15) is 0 Å². The fourth-order valence-electron chi connectivity index (χ4n) is 1.57. The maximum atomic E-state index is 8.94. The van der Waals surface area contributed by atoms with E-state index in [1.807, 2.05) is 0 Å². The Morgan fingerprint density at radius 1 is 1.42 bits per heavy atom. The number of hydrogen-bond acceptors (Lipinski definition) is 3. The topological polar surface area (TPSA) is 38.3 Å². The molecule has 68 valence electrons. The fourth-order valence-corrected chi connectivity index (χ4v) is 1.57. The molecule has 0 aromatic heterocycles. The second-order valence-electron chi connectivity index (χ2n) is 2.88. The van der Waals surface area contributed by atoms with Crippen molar-refractivity contribution in [3.63, 3.8) is 0 Å². The number of nitrogens with one attached hydrogen (secondary N) is 1. The maximum absolute atomic E-state index is 8.94. The molecule has 0 amide bonds. The lowest BCUT2D eigenvalue weighted by molar-refractivity contribution is -0.118. The van der Waals surface area contributed by atoms with E-state index in [0.29, 0.717) is 6.47 Å². The number of carbonyl (C=O) groups excluding carboxylic acids is 1. The highest BCUT2D eigenvalue weighted by molar-refractivity contribution is 14.1. The molecule has 2 aliphatic heterocycles. The summed E-state index contributed by atoms with van der Waals surface area (Å²) in [5, 5.41) is 3.48. The quantitative estimate of drug-likeness (QED) is 0.450. The monoisotopic (exact) mass is 281 g/mol.